The van der Waals surface area contributed by atoms with Gasteiger partial charge in [0, 0.05) is 18.2 Å². The van der Waals surface area contributed by atoms with Gasteiger partial charge in [0.05, 0.1) is 5.69 Å². The van der Waals surface area contributed by atoms with Crippen molar-refractivity contribution in [3.63, 3.8) is 0 Å². The van der Waals surface area contributed by atoms with Crippen LogP contribution in [0.3, 0.4) is 0 Å². The van der Waals surface area contributed by atoms with Crippen molar-refractivity contribution in [3.8, 4) is 0 Å². The average molecular weight is 206 g/mol. The predicted molar refractivity (Wildman–Crippen MR) is 63.2 cm³/mol. The number of hydrogen-bond acceptors (Lipinski definition) is 1. The first-order valence-electron chi connectivity index (χ1n) is 6.30. The second-order valence-corrected chi connectivity index (χ2v) is 4.82. The maximum atomic E-state index is 4.76. The van der Waals surface area contributed by atoms with Crippen molar-refractivity contribution in [3.05, 3.63) is 17.0 Å². The highest BCUT2D eigenvalue weighted by molar-refractivity contribution is 5.32. The van der Waals surface area contributed by atoms with Crippen molar-refractivity contribution in [2.24, 2.45) is 0 Å². The molecule has 2 heteroatoms. The Labute approximate surface area is 92.7 Å². The Morgan fingerprint density at radius 3 is 2.87 bits per heavy atom. The summed E-state index contributed by atoms with van der Waals surface area (Å²) in [6, 6.07) is 0. The van der Waals surface area contributed by atoms with Crippen LogP contribution in [0, 0.1) is 6.92 Å². The Bertz CT molecular complexity index is 339. The maximum Gasteiger partial charge on any atom is 0.0687 e. The molecule has 0 bridgehead atoms. The quantitative estimate of drug-likeness (QED) is 0.690. The van der Waals surface area contributed by atoms with Gasteiger partial charge in [-0.15, -0.1) is 0 Å². The molecule has 0 fully saturated rings. The van der Waals surface area contributed by atoms with Gasteiger partial charge in [-0.3, -0.25) is 4.68 Å². The molecule has 0 aliphatic heterocycles. The van der Waals surface area contributed by atoms with Crippen molar-refractivity contribution < 1.29 is 0 Å². The van der Waals surface area contributed by atoms with Gasteiger partial charge in [0.15, 0.2) is 0 Å². The van der Waals surface area contributed by atoms with Gasteiger partial charge in [0.1, 0.15) is 0 Å². The van der Waals surface area contributed by atoms with Crippen LogP contribution < -0.4 is 0 Å². The summed E-state index contributed by atoms with van der Waals surface area (Å²) < 4.78 is 2.23. The summed E-state index contributed by atoms with van der Waals surface area (Å²) in [7, 11) is 0. The fraction of sp³-hybridized carbons (Fsp3) is 0.769. The number of unbranched alkanes of at least 4 members (excludes halogenated alkanes) is 2. The van der Waals surface area contributed by atoms with Crippen LogP contribution in [0.1, 0.15) is 62.4 Å². The first-order chi connectivity index (χ1) is 7.24. The standard InChI is InChI=1S/C13H22N2/c1-4-5-6-9-15-11(3)12-8-7-10(2)13(12)14-15/h10H,4-9H2,1-3H3. The minimum absolute atomic E-state index is 0.686. The molecule has 0 saturated carbocycles. The highest BCUT2D eigenvalue weighted by Crippen LogP contribution is 2.33. The summed E-state index contributed by atoms with van der Waals surface area (Å²) >= 11 is 0. The molecule has 1 unspecified atom stereocenters. The van der Waals surface area contributed by atoms with Crippen molar-refractivity contribution in [1.29, 1.82) is 0 Å². The van der Waals surface area contributed by atoms with Crippen LogP contribution >= 0.6 is 0 Å². The van der Waals surface area contributed by atoms with Crippen molar-refractivity contribution >= 4 is 0 Å². The molecule has 2 rings (SSSR count). The lowest BCUT2D eigenvalue weighted by atomic mass is 10.1. The van der Waals surface area contributed by atoms with Gasteiger partial charge >= 0.3 is 0 Å². The lowest BCUT2D eigenvalue weighted by Gasteiger charge is -2.05. The van der Waals surface area contributed by atoms with E-state index in [-0.39, 0.29) is 0 Å². The molecule has 0 spiro atoms. The zero-order valence-corrected chi connectivity index (χ0v) is 10.2. The predicted octanol–water partition coefficient (Wildman–Crippen LogP) is 3.43. The molecular weight excluding hydrogens is 184 g/mol. The van der Waals surface area contributed by atoms with Gasteiger partial charge < -0.3 is 0 Å². The number of rotatable bonds is 4. The molecule has 1 aliphatic carbocycles. The normalized spacial score (nSPS) is 19.5. The van der Waals surface area contributed by atoms with Crippen molar-refractivity contribution in [1.82, 2.24) is 9.78 Å². The fourth-order valence-electron chi connectivity index (χ4n) is 2.54. The van der Waals surface area contributed by atoms with Crippen LogP contribution in [0.25, 0.3) is 0 Å². The lowest BCUT2D eigenvalue weighted by Crippen LogP contribution is -2.04. The van der Waals surface area contributed by atoms with E-state index in [0.717, 1.165) is 6.54 Å². The van der Waals surface area contributed by atoms with E-state index in [4.69, 9.17) is 5.10 Å². The Balaban J connectivity index is 2.10. The zero-order valence-electron chi connectivity index (χ0n) is 10.2. The van der Waals surface area contributed by atoms with Crippen molar-refractivity contribution in [2.75, 3.05) is 0 Å². The van der Waals surface area contributed by atoms with E-state index in [2.05, 4.69) is 25.5 Å². The van der Waals surface area contributed by atoms with Crippen LogP contribution in [-0.2, 0) is 13.0 Å². The minimum atomic E-state index is 0.686. The van der Waals surface area contributed by atoms with Crippen LogP contribution in [0.2, 0.25) is 0 Å². The molecule has 0 aromatic carbocycles. The smallest absolute Gasteiger partial charge is 0.0687 e. The third kappa shape index (κ3) is 1.95. The number of aryl methyl sites for hydroxylation is 1. The van der Waals surface area contributed by atoms with E-state index >= 15 is 0 Å². The number of nitrogens with zero attached hydrogens (tertiary/aromatic N) is 2. The monoisotopic (exact) mass is 206 g/mol. The third-order valence-electron chi connectivity index (χ3n) is 3.63. The van der Waals surface area contributed by atoms with Gasteiger partial charge in [-0.1, -0.05) is 26.7 Å². The number of fused-ring (bicyclic) bond motifs is 1. The maximum absolute atomic E-state index is 4.76. The average Bonchev–Trinajstić information content (AvgIpc) is 2.72. The second kappa shape index (κ2) is 4.38. The summed E-state index contributed by atoms with van der Waals surface area (Å²) in [6.45, 7) is 7.89. The number of hydrogen-bond donors (Lipinski definition) is 0. The molecule has 1 heterocycles. The van der Waals surface area contributed by atoms with Crippen LogP contribution in [0.4, 0.5) is 0 Å². The number of aromatic nitrogens is 2. The van der Waals surface area contributed by atoms with E-state index in [9.17, 15) is 0 Å². The van der Waals surface area contributed by atoms with Gasteiger partial charge in [-0.05, 0) is 31.7 Å². The fourth-order valence-corrected chi connectivity index (χ4v) is 2.54. The summed E-state index contributed by atoms with van der Waals surface area (Å²) in [5, 5.41) is 4.76. The van der Waals surface area contributed by atoms with E-state index < -0.39 is 0 Å². The SMILES string of the molecule is CCCCCn1nc2c(c1C)CCC2C. The first-order valence-corrected chi connectivity index (χ1v) is 6.30. The second-order valence-electron chi connectivity index (χ2n) is 4.82. The van der Waals surface area contributed by atoms with Crippen molar-refractivity contribution in [2.45, 2.75) is 65.3 Å². The molecular formula is C13H22N2. The first kappa shape index (κ1) is 10.7. The molecule has 0 saturated heterocycles. The molecule has 0 amide bonds. The zero-order chi connectivity index (χ0) is 10.8. The Hall–Kier alpha value is -0.790. The molecule has 15 heavy (non-hydrogen) atoms. The van der Waals surface area contributed by atoms with E-state index in [1.807, 2.05) is 0 Å². The Morgan fingerprint density at radius 1 is 1.40 bits per heavy atom. The van der Waals surface area contributed by atoms with Gasteiger partial charge in [0.25, 0.3) is 0 Å². The van der Waals surface area contributed by atoms with Crippen LogP contribution in [-0.4, -0.2) is 9.78 Å². The molecule has 1 aromatic heterocycles. The molecule has 84 valence electrons. The molecule has 1 atom stereocenters. The summed E-state index contributed by atoms with van der Waals surface area (Å²) in [4.78, 5) is 0. The third-order valence-corrected chi connectivity index (χ3v) is 3.63. The largest absolute Gasteiger partial charge is 0.269 e. The molecule has 1 aromatic rings. The molecule has 0 N–H and O–H groups in total. The van der Waals surface area contributed by atoms with Gasteiger partial charge in [-0.25, -0.2) is 0 Å². The van der Waals surface area contributed by atoms with Crippen LogP contribution in [0.15, 0.2) is 0 Å². The van der Waals surface area contributed by atoms with Crippen LogP contribution in [0.5, 0.6) is 0 Å². The van der Waals surface area contributed by atoms with Gasteiger partial charge in [-0.2, -0.15) is 5.10 Å². The molecule has 2 nitrogen and oxygen atoms in total. The van der Waals surface area contributed by atoms with E-state index in [0.29, 0.717) is 5.92 Å². The van der Waals surface area contributed by atoms with E-state index in [1.165, 1.54) is 43.5 Å². The topological polar surface area (TPSA) is 17.8 Å². The van der Waals surface area contributed by atoms with Gasteiger partial charge in [0.2, 0.25) is 0 Å². The van der Waals surface area contributed by atoms with E-state index in [1.54, 1.807) is 5.56 Å². The Morgan fingerprint density at radius 2 is 2.20 bits per heavy atom. The minimum Gasteiger partial charge on any atom is -0.269 e. The molecule has 1 aliphatic rings. The lowest BCUT2D eigenvalue weighted by molar-refractivity contribution is 0.527. The summed E-state index contributed by atoms with van der Waals surface area (Å²) in [5.74, 6) is 0.686. The highest BCUT2D eigenvalue weighted by Gasteiger charge is 2.25. The highest BCUT2D eigenvalue weighted by atomic mass is 15.3. The summed E-state index contributed by atoms with van der Waals surface area (Å²) in [5.41, 5.74) is 4.34. The Kier molecular flexibility index (Phi) is 3.13. The molecule has 0 radical (unpaired) electrons. The summed E-state index contributed by atoms with van der Waals surface area (Å²) in [6.07, 6.45) is 6.42.